The van der Waals surface area contributed by atoms with Gasteiger partial charge in [0.2, 0.25) is 0 Å². The number of nitrogens with zero attached hydrogens (tertiary/aromatic N) is 1. The Labute approximate surface area is 123 Å². The van der Waals surface area contributed by atoms with Crippen LogP contribution in [0.2, 0.25) is 0 Å². The van der Waals surface area contributed by atoms with Crippen molar-refractivity contribution in [3.05, 3.63) is 48.6 Å². The molecule has 1 atom stereocenters. The molecule has 1 fully saturated rings. The Hall–Kier alpha value is -0.830. The summed E-state index contributed by atoms with van der Waals surface area (Å²) < 4.78 is 0. The normalized spacial score (nSPS) is 22.2. The van der Waals surface area contributed by atoms with Crippen LogP contribution in [0.3, 0.4) is 0 Å². The maximum Gasteiger partial charge on any atom is 0.0237 e. The van der Waals surface area contributed by atoms with Crippen LogP contribution in [-0.4, -0.2) is 31.1 Å². The van der Waals surface area contributed by atoms with E-state index < -0.39 is 0 Å². The lowest BCUT2D eigenvalue weighted by Crippen LogP contribution is -2.37. The summed E-state index contributed by atoms with van der Waals surface area (Å²) in [5.41, 5.74) is 1.80. The lowest BCUT2D eigenvalue weighted by atomic mass is 9.89. The molecule has 0 aliphatic carbocycles. The van der Waals surface area contributed by atoms with Gasteiger partial charge in [0.25, 0.3) is 0 Å². The molecule has 0 aromatic heterocycles. The SMILES string of the molecule is C=CCN(Cc1ccccc1)CC1(C)CCNC1.Cl. The van der Waals surface area contributed by atoms with Crippen molar-refractivity contribution in [2.45, 2.75) is 19.9 Å². The van der Waals surface area contributed by atoms with E-state index in [0.29, 0.717) is 5.41 Å². The zero-order valence-corrected chi connectivity index (χ0v) is 12.6. The van der Waals surface area contributed by atoms with Crippen LogP contribution in [0.1, 0.15) is 18.9 Å². The van der Waals surface area contributed by atoms with Gasteiger partial charge in [-0.3, -0.25) is 4.90 Å². The quantitative estimate of drug-likeness (QED) is 0.806. The molecular formula is C16H25ClN2. The fourth-order valence-electron chi connectivity index (χ4n) is 2.75. The van der Waals surface area contributed by atoms with Gasteiger partial charge in [0.15, 0.2) is 0 Å². The number of nitrogens with one attached hydrogen (secondary N) is 1. The third-order valence-electron chi connectivity index (χ3n) is 3.70. The lowest BCUT2D eigenvalue weighted by molar-refractivity contribution is 0.186. The van der Waals surface area contributed by atoms with Crippen LogP contribution in [0.4, 0.5) is 0 Å². The number of hydrogen-bond acceptors (Lipinski definition) is 2. The highest BCUT2D eigenvalue weighted by molar-refractivity contribution is 5.85. The first-order valence-corrected chi connectivity index (χ1v) is 6.80. The van der Waals surface area contributed by atoms with Crippen LogP contribution in [0, 0.1) is 5.41 Å². The van der Waals surface area contributed by atoms with E-state index in [4.69, 9.17) is 0 Å². The zero-order valence-electron chi connectivity index (χ0n) is 11.8. The van der Waals surface area contributed by atoms with Gasteiger partial charge in [0.05, 0.1) is 0 Å². The van der Waals surface area contributed by atoms with E-state index in [2.05, 4.69) is 54.1 Å². The van der Waals surface area contributed by atoms with Gasteiger partial charge < -0.3 is 5.32 Å². The van der Waals surface area contributed by atoms with E-state index in [1.807, 2.05) is 6.08 Å². The summed E-state index contributed by atoms with van der Waals surface area (Å²) >= 11 is 0. The summed E-state index contributed by atoms with van der Waals surface area (Å²) in [6.07, 6.45) is 3.28. The van der Waals surface area contributed by atoms with Gasteiger partial charge in [-0.25, -0.2) is 0 Å². The van der Waals surface area contributed by atoms with E-state index in [1.54, 1.807) is 0 Å². The molecule has 0 saturated carbocycles. The predicted molar refractivity (Wildman–Crippen MR) is 84.8 cm³/mol. The Morgan fingerprint density at radius 3 is 2.68 bits per heavy atom. The van der Waals surface area contributed by atoms with Crippen LogP contribution in [0.5, 0.6) is 0 Å². The van der Waals surface area contributed by atoms with E-state index in [1.165, 1.54) is 12.0 Å². The molecule has 0 amide bonds. The Balaban J connectivity index is 0.00000180. The Kier molecular flexibility index (Phi) is 6.56. The molecule has 1 saturated heterocycles. The standard InChI is InChI=1S/C16H24N2.ClH/c1-3-11-18(12-15-7-5-4-6-8-15)14-16(2)9-10-17-13-16;/h3-8,17H,1,9-14H2,2H3;1H. The first-order chi connectivity index (χ1) is 8.72. The molecule has 1 aliphatic rings. The van der Waals surface area contributed by atoms with Crippen molar-refractivity contribution in [1.29, 1.82) is 0 Å². The molecule has 0 bridgehead atoms. The number of halogens is 1. The molecule has 2 rings (SSSR count). The van der Waals surface area contributed by atoms with Gasteiger partial charge in [0.1, 0.15) is 0 Å². The highest BCUT2D eigenvalue weighted by Gasteiger charge is 2.30. The van der Waals surface area contributed by atoms with E-state index in [0.717, 1.165) is 32.7 Å². The minimum atomic E-state index is 0. The van der Waals surface area contributed by atoms with Gasteiger partial charge in [-0.05, 0) is 23.9 Å². The number of benzene rings is 1. The summed E-state index contributed by atoms with van der Waals surface area (Å²) in [6, 6.07) is 10.7. The molecule has 2 nitrogen and oxygen atoms in total. The number of hydrogen-bond donors (Lipinski definition) is 1. The Bertz CT molecular complexity index is 372. The second-order valence-corrected chi connectivity index (χ2v) is 5.68. The van der Waals surface area contributed by atoms with Gasteiger partial charge in [0, 0.05) is 26.2 Å². The lowest BCUT2D eigenvalue weighted by Gasteiger charge is -2.31. The second-order valence-electron chi connectivity index (χ2n) is 5.68. The van der Waals surface area contributed by atoms with Crippen molar-refractivity contribution in [3.8, 4) is 0 Å². The van der Waals surface area contributed by atoms with Crippen molar-refractivity contribution in [1.82, 2.24) is 10.2 Å². The summed E-state index contributed by atoms with van der Waals surface area (Å²) in [5, 5.41) is 3.47. The third kappa shape index (κ3) is 4.98. The Morgan fingerprint density at radius 1 is 1.37 bits per heavy atom. The van der Waals surface area contributed by atoms with Crippen LogP contribution in [0.15, 0.2) is 43.0 Å². The maximum atomic E-state index is 3.88. The highest BCUT2D eigenvalue weighted by Crippen LogP contribution is 2.26. The zero-order chi connectivity index (χ0) is 12.8. The average Bonchev–Trinajstić information content (AvgIpc) is 2.77. The molecule has 106 valence electrons. The molecule has 1 aromatic carbocycles. The first kappa shape index (κ1) is 16.2. The summed E-state index contributed by atoms with van der Waals surface area (Å²) in [7, 11) is 0. The second kappa shape index (κ2) is 7.68. The Morgan fingerprint density at radius 2 is 2.11 bits per heavy atom. The molecule has 19 heavy (non-hydrogen) atoms. The van der Waals surface area contributed by atoms with Crippen LogP contribution in [0.25, 0.3) is 0 Å². The van der Waals surface area contributed by atoms with Gasteiger partial charge in [-0.15, -0.1) is 19.0 Å². The van der Waals surface area contributed by atoms with Crippen molar-refractivity contribution in [2.75, 3.05) is 26.2 Å². The van der Waals surface area contributed by atoms with Crippen LogP contribution >= 0.6 is 12.4 Å². The number of rotatable bonds is 6. The molecular weight excluding hydrogens is 256 g/mol. The van der Waals surface area contributed by atoms with Crippen molar-refractivity contribution < 1.29 is 0 Å². The van der Waals surface area contributed by atoms with Gasteiger partial charge in [-0.2, -0.15) is 0 Å². The summed E-state index contributed by atoms with van der Waals surface area (Å²) in [5.74, 6) is 0. The van der Waals surface area contributed by atoms with Crippen molar-refractivity contribution in [3.63, 3.8) is 0 Å². The van der Waals surface area contributed by atoms with E-state index in [-0.39, 0.29) is 12.4 Å². The summed E-state index contributed by atoms with van der Waals surface area (Å²) in [6.45, 7) is 11.7. The fraction of sp³-hybridized carbons (Fsp3) is 0.500. The molecule has 1 unspecified atom stereocenters. The highest BCUT2D eigenvalue weighted by atomic mass is 35.5. The first-order valence-electron chi connectivity index (χ1n) is 6.80. The monoisotopic (exact) mass is 280 g/mol. The van der Waals surface area contributed by atoms with Gasteiger partial charge in [-0.1, -0.05) is 43.3 Å². The molecule has 3 heteroatoms. The van der Waals surface area contributed by atoms with Crippen LogP contribution in [-0.2, 0) is 6.54 Å². The largest absolute Gasteiger partial charge is 0.316 e. The van der Waals surface area contributed by atoms with E-state index in [9.17, 15) is 0 Å². The minimum absolute atomic E-state index is 0. The molecule has 1 aliphatic heterocycles. The van der Waals surface area contributed by atoms with Crippen LogP contribution < -0.4 is 5.32 Å². The smallest absolute Gasteiger partial charge is 0.0237 e. The van der Waals surface area contributed by atoms with Crippen molar-refractivity contribution >= 4 is 12.4 Å². The molecule has 0 spiro atoms. The van der Waals surface area contributed by atoms with E-state index >= 15 is 0 Å². The molecule has 0 radical (unpaired) electrons. The average molecular weight is 281 g/mol. The van der Waals surface area contributed by atoms with Gasteiger partial charge >= 0.3 is 0 Å². The molecule has 1 N–H and O–H groups in total. The topological polar surface area (TPSA) is 15.3 Å². The molecule has 1 heterocycles. The summed E-state index contributed by atoms with van der Waals surface area (Å²) in [4.78, 5) is 2.50. The third-order valence-corrected chi connectivity index (χ3v) is 3.70. The fourth-order valence-corrected chi connectivity index (χ4v) is 2.75. The predicted octanol–water partition coefficient (Wildman–Crippen LogP) is 3.10. The van der Waals surface area contributed by atoms with Crippen molar-refractivity contribution in [2.24, 2.45) is 5.41 Å². The maximum absolute atomic E-state index is 3.88. The minimum Gasteiger partial charge on any atom is -0.316 e. The molecule has 1 aromatic rings.